The van der Waals surface area contributed by atoms with E-state index in [2.05, 4.69) is 25.2 Å². The molecule has 1 aromatic carbocycles. The van der Waals surface area contributed by atoms with Gasteiger partial charge in [0.2, 0.25) is 0 Å². The summed E-state index contributed by atoms with van der Waals surface area (Å²) in [6.45, 7) is 7.05. The average molecular weight is 237 g/mol. The zero-order valence-corrected chi connectivity index (χ0v) is 10.7. The Balaban J connectivity index is 2.84. The molecule has 1 rings (SSSR count). The number of hydrogen-bond donors (Lipinski definition) is 1. The van der Waals surface area contributed by atoms with E-state index < -0.39 is 0 Å². The van der Waals surface area contributed by atoms with Gasteiger partial charge in [-0.3, -0.25) is 5.32 Å². The first kappa shape index (κ1) is 13.0. The molecule has 0 radical (unpaired) electrons. The topological polar surface area (TPSA) is 35.8 Å². The Kier molecular flexibility index (Phi) is 4.79. The van der Waals surface area contributed by atoms with Gasteiger partial charge in [0.25, 0.3) is 0 Å². The molecule has 0 saturated carbocycles. The van der Waals surface area contributed by atoms with Crippen LogP contribution in [0.5, 0.6) is 0 Å². The Labute approximate surface area is 102 Å². The smallest absolute Gasteiger partial charge is 0.121 e. The van der Waals surface area contributed by atoms with Crippen LogP contribution in [0.25, 0.3) is 0 Å². The SMILES string of the molecule is Cc1cc(Cl)ccc1C(C#N)NCC(C)C. The van der Waals surface area contributed by atoms with Crippen molar-refractivity contribution in [2.24, 2.45) is 5.92 Å². The maximum Gasteiger partial charge on any atom is 0.121 e. The fourth-order valence-electron chi connectivity index (χ4n) is 1.54. The van der Waals surface area contributed by atoms with Crippen LogP contribution in [-0.2, 0) is 0 Å². The Hall–Kier alpha value is -1.04. The molecule has 0 bridgehead atoms. The lowest BCUT2D eigenvalue weighted by molar-refractivity contribution is 0.524. The predicted octanol–water partition coefficient (Wildman–Crippen LogP) is 3.46. The highest BCUT2D eigenvalue weighted by Crippen LogP contribution is 2.21. The molecule has 0 aliphatic rings. The van der Waals surface area contributed by atoms with Crippen LogP contribution in [-0.4, -0.2) is 6.54 Å². The summed E-state index contributed by atoms with van der Waals surface area (Å²) in [7, 11) is 0. The molecule has 0 spiro atoms. The third-order valence-electron chi connectivity index (χ3n) is 2.40. The first-order valence-electron chi connectivity index (χ1n) is 5.43. The molecule has 1 N–H and O–H groups in total. The van der Waals surface area contributed by atoms with Gasteiger partial charge in [0.1, 0.15) is 6.04 Å². The van der Waals surface area contributed by atoms with Gasteiger partial charge in [-0.15, -0.1) is 0 Å². The summed E-state index contributed by atoms with van der Waals surface area (Å²) >= 11 is 5.89. The van der Waals surface area contributed by atoms with Crippen molar-refractivity contribution in [1.29, 1.82) is 5.26 Å². The molecule has 86 valence electrons. The van der Waals surface area contributed by atoms with Crippen molar-refractivity contribution in [3.63, 3.8) is 0 Å². The van der Waals surface area contributed by atoms with Gasteiger partial charge in [-0.1, -0.05) is 31.5 Å². The number of halogens is 1. The van der Waals surface area contributed by atoms with Crippen LogP contribution < -0.4 is 5.32 Å². The van der Waals surface area contributed by atoms with E-state index >= 15 is 0 Å². The van der Waals surface area contributed by atoms with Crippen LogP contribution in [0.4, 0.5) is 0 Å². The van der Waals surface area contributed by atoms with Crippen LogP contribution in [0.2, 0.25) is 5.02 Å². The third kappa shape index (κ3) is 3.52. The van der Waals surface area contributed by atoms with Gasteiger partial charge < -0.3 is 0 Å². The largest absolute Gasteiger partial charge is 0.298 e. The minimum absolute atomic E-state index is 0.250. The monoisotopic (exact) mass is 236 g/mol. The van der Waals surface area contributed by atoms with Gasteiger partial charge >= 0.3 is 0 Å². The van der Waals surface area contributed by atoms with Crippen LogP contribution in [0.15, 0.2) is 18.2 Å². The highest BCUT2D eigenvalue weighted by atomic mass is 35.5. The third-order valence-corrected chi connectivity index (χ3v) is 2.64. The van der Waals surface area contributed by atoms with Gasteiger partial charge in [0, 0.05) is 5.02 Å². The normalized spacial score (nSPS) is 12.5. The van der Waals surface area contributed by atoms with Gasteiger partial charge in [-0.2, -0.15) is 5.26 Å². The second-order valence-corrected chi connectivity index (χ2v) is 4.80. The Morgan fingerprint density at radius 1 is 1.44 bits per heavy atom. The number of nitrogens with zero attached hydrogens (tertiary/aromatic N) is 1. The lowest BCUT2D eigenvalue weighted by Crippen LogP contribution is -2.24. The van der Waals surface area contributed by atoms with Gasteiger partial charge in [0.15, 0.2) is 0 Å². The zero-order valence-electron chi connectivity index (χ0n) is 9.92. The summed E-state index contributed by atoms with van der Waals surface area (Å²) < 4.78 is 0. The molecule has 0 aliphatic heterocycles. The van der Waals surface area contributed by atoms with Gasteiger partial charge in [-0.25, -0.2) is 0 Å². The van der Waals surface area contributed by atoms with E-state index in [-0.39, 0.29) is 6.04 Å². The Morgan fingerprint density at radius 2 is 2.12 bits per heavy atom. The molecule has 1 aromatic rings. The second kappa shape index (κ2) is 5.89. The van der Waals surface area contributed by atoms with E-state index in [1.165, 1.54) is 0 Å². The van der Waals surface area contributed by atoms with Crippen molar-refractivity contribution in [2.45, 2.75) is 26.8 Å². The summed E-state index contributed by atoms with van der Waals surface area (Å²) in [5, 5.41) is 13.1. The van der Waals surface area contributed by atoms with Crippen LogP contribution >= 0.6 is 11.6 Å². The summed E-state index contributed by atoms with van der Waals surface area (Å²) in [5.74, 6) is 0.531. The van der Waals surface area contributed by atoms with Gasteiger partial charge in [-0.05, 0) is 42.6 Å². The second-order valence-electron chi connectivity index (χ2n) is 4.37. The maximum absolute atomic E-state index is 9.14. The number of rotatable bonds is 4. The van der Waals surface area contributed by atoms with E-state index in [4.69, 9.17) is 16.9 Å². The van der Waals surface area contributed by atoms with Crippen molar-refractivity contribution in [1.82, 2.24) is 5.32 Å². The highest BCUT2D eigenvalue weighted by Gasteiger charge is 2.12. The molecule has 1 unspecified atom stereocenters. The minimum atomic E-state index is -0.250. The van der Waals surface area contributed by atoms with Crippen LogP contribution in [0.3, 0.4) is 0 Å². The lowest BCUT2D eigenvalue weighted by atomic mass is 10.0. The van der Waals surface area contributed by atoms with E-state index in [1.54, 1.807) is 0 Å². The minimum Gasteiger partial charge on any atom is -0.298 e. The number of benzene rings is 1. The summed E-state index contributed by atoms with van der Waals surface area (Å²) in [6.07, 6.45) is 0. The molecule has 0 aromatic heterocycles. The van der Waals surface area contributed by atoms with E-state index in [9.17, 15) is 0 Å². The Bertz CT molecular complexity index is 393. The zero-order chi connectivity index (χ0) is 12.1. The fraction of sp³-hybridized carbons (Fsp3) is 0.462. The molecule has 0 heterocycles. The summed E-state index contributed by atoms with van der Waals surface area (Å²) in [5.41, 5.74) is 2.06. The van der Waals surface area contributed by atoms with Crippen molar-refractivity contribution >= 4 is 11.6 Å². The van der Waals surface area contributed by atoms with Crippen LogP contribution in [0.1, 0.15) is 31.0 Å². The quantitative estimate of drug-likeness (QED) is 0.869. The maximum atomic E-state index is 9.14. The molecule has 0 aliphatic carbocycles. The van der Waals surface area contributed by atoms with Crippen molar-refractivity contribution < 1.29 is 0 Å². The molecular formula is C13H17ClN2. The molecule has 0 fully saturated rings. The van der Waals surface area contributed by atoms with Crippen molar-refractivity contribution in [3.05, 3.63) is 34.3 Å². The van der Waals surface area contributed by atoms with Gasteiger partial charge in [0.05, 0.1) is 6.07 Å². The predicted molar refractivity (Wildman–Crippen MR) is 67.4 cm³/mol. The molecular weight excluding hydrogens is 220 g/mol. The van der Waals surface area contributed by atoms with Crippen molar-refractivity contribution in [3.8, 4) is 6.07 Å². The number of hydrogen-bond acceptors (Lipinski definition) is 2. The van der Waals surface area contributed by atoms with E-state index in [0.29, 0.717) is 10.9 Å². The molecule has 0 saturated heterocycles. The highest BCUT2D eigenvalue weighted by molar-refractivity contribution is 6.30. The first-order chi connectivity index (χ1) is 7.54. The molecule has 1 atom stereocenters. The fourth-order valence-corrected chi connectivity index (χ4v) is 1.77. The summed E-state index contributed by atoms with van der Waals surface area (Å²) in [4.78, 5) is 0. The average Bonchev–Trinajstić information content (AvgIpc) is 2.21. The van der Waals surface area contributed by atoms with E-state index in [0.717, 1.165) is 17.7 Å². The summed E-state index contributed by atoms with van der Waals surface area (Å²) in [6, 6.07) is 7.66. The van der Waals surface area contributed by atoms with Crippen LogP contribution in [0, 0.1) is 24.2 Å². The lowest BCUT2D eigenvalue weighted by Gasteiger charge is -2.15. The number of aryl methyl sites for hydroxylation is 1. The molecule has 2 nitrogen and oxygen atoms in total. The number of nitrogens with one attached hydrogen (secondary N) is 1. The van der Waals surface area contributed by atoms with Crippen molar-refractivity contribution in [2.75, 3.05) is 6.54 Å². The molecule has 16 heavy (non-hydrogen) atoms. The Morgan fingerprint density at radius 3 is 2.62 bits per heavy atom. The standard InChI is InChI=1S/C13H17ClN2/c1-9(2)8-16-13(7-15)12-5-4-11(14)6-10(12)3/h4-6,9,13,16H,8H2,1-3H3. The number of nitriles is 1. The van der Waals surface area contributed by atoms with E-state index in [1.807, 2.05) is 25.1 Å². The first-order valence-corrected chi connectivity index (χ1v) is 5.81. The molecule has 3 heteroatoms. The molecule has 0 amide bonds.